The van der Waals surface area contributed by atoms with Crippen LogP contribution in [0.5, 0.6) is 0 Å². The molecule has 1 amide bonds. The van der Waals surface area contributed by atoms with Crippen LogP contribution in [0, 0.1) is 13.8 Å². The summed E-state index contributed by atoms with van der Waals surface area (Å²) in [6.07, 6.45) is 4.61. The van der Waals surface area contributed by atoms with Gasteiger partial charge >= 0.3 is 0 Å². The average molecular weight is 292 g/mol. The van der Waals surface area contributed by atoms with E-state index in [0.717, 1.165) is 29.0 Å². The van der Waals surface area contributed by atoms with Crippen LogP contribution >= 0.6 is 22.7 Å². The number of thiophene rings is 1. The van der Waals surface area contributed by atoms with E-state index >= 15 is 0 Å². The van der Waals surface area contributed by atoms with Crippen LogP contribution in [0.3, 0.4) is 0 Å². The van der Waals surface area contributed by atoms with E-state index in [0.29, 0.717) is 5.13 Å². The van der Waals surface area contributed by atoms with Gasteiger partial charge in [0.2, 0.25) is 0 Å². The van der Waals surface area contributed by atoms with Gasteiger partial charge in [0.15, 0.2) is 5.13 Å². The summed E-state index contributed by atoms with van der Waals surface area (Å²) in [6.45, 7) is 3.99. The van der Waals surface area contributed by atoms with Gasteiger partial charge in [-0.3, -0.25) is 10.1 Å². The minimum atomic E-state index is -0.00634. The molecule has 19 heavy (non-hydrogen) atoms. The van der Waals surface area contributed by atoms with Crippen molar-refractivity contribution in [1.82, 2.24) is 4.98 Å². The number of carbonyl (C=O) groups excluding carboxylic acids is 1. The molecule has 2 aromatic rings. The molecule has 1 N–H and O–H groups in total. The second-order valence-electron chi connectivity index (χ2n) is 4.87. The molecule has 0 saturated carbocycles. The lowest BCUT2D eigenvalue weighted by molar-refractivity contribution is 0.102. The Labute approximate surface area is 120 Å². The minimum Gasteiger partial charge on any atom is -0.298 e. The molecule has 5 heteroatoms. The van der Waals surface area contributed by atoms with Crippen molar-refractivity contribution in [2.24, 2.45) is 0 Å². The Hall–Kier alpha value is -1.20. The highest BCUT2D eigenvalue weighted by molar-refractivity contribution is 7.15. The molecule has 0 fully saturated rings. The Morgan fingerprint density at radius 3 is 2.84 bits per heavy atom. The molecule has 2 heterocycles. The molecule has 0 radical (unpaired) electrons. The van der Waals surface area contributed by atoms with Gasteiger partial charge < -0.3 is 0 Å². The largest absolute Gasteiger partial charge is 0.298 e. The van der Waals surface area contributed by atoms with Gasteiger partial charge in [0.1, 0.15) is 0 Å². The summed E-state index contributed by atoms with van der Waals surface area (Å²) in [5, 5.41) is 5.63. The number of carbonyl (C=O) groups is 1. The van der Waals surface area contributed by atoms with Gasteiger partial charge in [0.25, 0.3) is 5.91 Å². The van der Waals surface area contributed by atoms with Crippen LogP contribution in [0.1, 0.15) is 44.2 Å². The number of nitrogens with one attached hydrogen (secondary N) is 1. The molecule has 0 atom stereocenters. The highest BCUT2D eigenvalue weighted by Gasteiger charge is 2.20. The van der Waals surface area contributed by atoms with E-state index in [1.165, 1.54) is 34.6 Å². The quantitative estimate of drug-likeness (QED) is 0.910. The molecule has 0 spiro atoms. The van der Waals surface area contributed by atoms with Crippen molar-refractivity contribution < 1.29 is 4.79 Å². The van der Waals surface area contributed by atoms with Crippen LogP contribution in [0.4, 0.5) is 5.13 Å². The number of rotatable bonds is 2. The van der Waals surface area contributed by atoms with E-state index < -0.39 is 0 Å². The zero-order valence-electron chi connectivity index (χ0n) is 11.1. The van der Waals surface area contributed by atoms with Crippen molar-refractivity contribution >= 4 is 33.7 Å². The SMILES string of the molecule is Cc1nc(NC(=O)c2csc3c2CCCC3)sc1C. The second-order valence-corrected chi connectivity index (χ2v) is 7.04. The molecule has 0 unspecified atom stereocenters. The van der Waals surface area contributed by atoms with Crippen molar-refractivity contribution in [2.45, 2.75) is 39.5 Å². The smallest absolute Gasteiger partial charge is 0.258 e. The standard InChI is InChI=1S/C14H16N2OS2/c1-8-9(2)19-14(15-8)16-13(17)11-7-18-12-6-4-3-5-10(11)12/h7H,3-6H2,1-2H3,(H,15,16,17). The fourth-order valence-electron chi connectivity index (χ4n) is 2.37. The van der Waals surface area contributed by atoms with Crippen molar-refractivity contribution in [1.29, 1.82) is 0 Å². The van der Waals surface area contributed by atoms with Crippen LogP contribution < -0.4 is 5.32 Å². The summed E-state index contributed by atoms with van der Waals surface area (Å²) < 4.78 is 0. The van der Waals surface area contributed by atoms with Crippen LogP contribution in [0.25, 0.3) is 0 Å². The first kappa shape index (κ1) is 12.8. The molecular weight excluding hydrogens is 276 g/mol. The maximum Gasteiger partial charge on any atom is 0.258 e. The summed E-state index contributed by atoms with van der Waals surface area (Å²) in [5.74, 6) is -0.00634. The summed E-state index contributed by atoms with van der Waals surface area (Å²) in [7, 11) is 0. The summed E-state index contributed by atoms with van der Waals surface area (Å²) >= 11 is 3.26. The van der Waals surface area contributed by atoms with Crippen LogP contribution in [0.2, 0.25) is 0 Å². The first-order valence-corrected chi connectivity index (χ1v) is 8.19. The van der Waals surface area contributed by atoms with Gasteiger partial charge in [-0.1, -0.05) is 0 Å². The number of anilines is 1. The molecule has 100 valence electrons. The average Bonchev–Trinajstić information content (AvgIpc) is 2.94. The number of amides is 1. The predicted octanol–water partition coefficient (Wildman–Crippen LogP) is 3.95. The molecule has 0 aromatic carbocycles. The third-order valence-electron chi connectivity index (χ3n) is 3.55. The number of aryl methyl sites for hydroxylation is 3. The number of thiazole rings is 1. The minimum absolute atomic E-state index is 0.00634. The van der Waals surface area contributed by atoms with Gasteiger partial charge in [-0.15, -0.1) is 22.7 Å². The first-order chi connectivity index (χ1) is 9.15. The summed E-state index contributed by atoms with van der Waals surface area (Å²) in [6, 6.07) is 0. The van der Waals surface area contributed by atoms with Crippen LogP contribution in [-0.2, 0) is 12.8 Å². The Balaban J connectivity index is 1.82. The van der Waals surface area contributed by atoms with Crippen LogP contribution in [0.15, 0.2) is 5.38 Å². The number of hydrogen-bond donors (Lipinski definition) is 1. The monoisotopic (exact) mass is 292 g/mol. The summed E-state index contributed by atoms with van der Waals surface area (Å²) in [4.78, 5) is 19.2. The lowest BCUT2D eigenvalue weighted by atomic mass is 9.96. The molecule has 1 aliphatic rings. The first-order valence-electron chi connectivity index (χ1n) is 6.50. The third kappa shape index (κ3) is 2.44. The molecule has 0 aliphatic heterocycles. The lowest BCUT2D eigenvalue weighted by Crippen LogP contribution is -2.14. The van der Waals surface area contributed by atoms with Crippen LogP contribution in [-0.4, -0.2) is 10.9 Å². The van der Waals surface area contributed by atoms with E-state index in [-0.39, 0.29) is 5.91 Å². The molecule has 0 bridgehead atoms. The van der Waals surface area contributed by atoms with E-state index in [4.69, 9.17) is 0 Å². The van der Waals surface area contributed by atoms with E-state index in [1.54, 1.807) is 11.3 Å². The molecule has 1 aliphatic carbocycles. The van der Waals surface area contributed by atoms with Gasteiger partial charge in [0, 0.05) is 15.1 Å². The highest BCUT2D eigenvalue weighted by atomic mass is 32.1. The van der Waals surface area contributed by atoms with Crippen molar-refractivity contribution in [3.63, 3.8) is 0 Å². The number of nitrogens with zero attached hydrogens (tertiary/aromatic N) is 1. The fraction of sp³-hybridized carbons (Fsp3) is 0.429. The zero-order chi connectivity index (χ0) is 13.4. The van der Waals surface area contributed by atoms with E-state index in [2.05, 4.69) is 10.3 Å². The van der Waals surface area contributed by atoms with E-state index in [9.17, 15) is 4.79 Å². The Bertz CT molecular complexity index is 608. The molecule has 2 aromatic heterocycles. The molecule has 3 rings (SSSR count). The van der Waals surface area contributed by atoms with Gasteiger partial charge in [0.05, 0.1) is 11.3 Å². The number of hydrogen-bond acceptors (Lipinski definition) is 4. The zero-order valence-corrected chi connectivity index (χ0v) is 12.7. The Kier molecular flexibility index (Phi) is 3.41. The van der Waals surface area contributed by atoms with E-state index in [1.807, 2.05) is 19.2 Å². The predicted molar refractivity (Wildman–Crippen MR) is 80.5 cm³/mol. The summed E-state index contributed by atoms with van der Waals surface area (Å²) in [5.41, 5.74) is 3.11. The topological polar surface area (TPSA) is 42.0 Å². The third-order valence-corrected chi connectivity index (χ3v) is 5.63. The van der Waals surface area contributed by atoms with Gasteiger partial charge in [-0.2, -0.15) is 0 Å². The van der Waals surface area contributed by atoms with Crippen molar-refractivity contribution in [3.8, 4) is 0 Å². The lowest BCUT2D eigenvalue weighted by Gasteiger charge is -2.12. The fourth-order valence-corrected chi connectivity index (χ4v) is 4.31. The highest BCUT2D eigenvalue weighted by Crippen LogP contribution is 2.31. The number of aromatic nitrogens is 1. The second kappa shape index (κ2) is 5.06. The van der Waals surface area contributed by atoms with Crippen molar-refractivity contribution in [3.05, 3.63) is 32.0 Å². The number of fused-ring (bicyclic) bond motifs is 1. The molecule has 0 saturated heterocycles. The Morgan fingerprint density at radius 2 is 2.11 bits per heavy atom. The maximum absolute atomic E-state index is 12.3. The molecular formula is C14H16N2OS2. The van der Waals surface area contributed by atoms with Crippen molar-refractivity contribution in [2.75, 3.05) is 5.32 Å². The molecule has 3 nitrogen and oxygen atoms in total. The normalized spacial score (nSPS) is 14.2. The van der Waals surface area contributed by atoms with Gasteiger partial charge in [-0.05, 0) is 45.1 Å². The Morgan fingerprint density at radius 1 is 1.32 bits per heavy atom. The van der Waals surface area contributed by atoms with Gasteiger partial charge in [-0.25, -0.2) is 4.98 Å². The maximum atomic E-state index is 12.3.